The van der Waals surface area contributed by atoms with Gasteiger partial charge < -0.3 is 14.7 Å². The fraction of sp³-hybridized carbons (Fsp3) is 0.0991. The standard InChI is InChI=1S/C64H52N2.C45H29N.2CH4/c1-63(2,3)49-35-29-45(30-36-49)27-33-47-43-59(65(51-19-11-7-12-20-51)52-21-13-8-14-22-52)57-41-42-58-60(66(53-23-15-9-16-24-53)54-25-17-10-18-26-54)44-48(56-40-39-55(47)61(57)62(56)58)34-28-46-31-37-50(38-32-46)64(4,5)6;1-32-30-35(24-22-33-14-6-2-7-15-33)40-27-28-41-36(25-23-34-16-8-3-9-17-34)31-43(42-29-26-39(32)44(40)45(41)42)46(37-18-10-4-11-19-37)38-20-12-5-13-21-38;;/h7-26,29-32,35-44H,1-6H3;2-21,26-31H,1H3;2*1H4. The van der Waals surface area contributed by atoms with Gasteiger partial charge in [-0.05, 0) is 212 Å². The number of hydrogen-bond donors (Lipinski definition) is 0. The van der Waals surface area contributed by atoms with Gasteiger partial charge in [0.2, 0.25) is 0 Å². The highest BCUT2D eigenvalue weighted by Crippen LogP contribution is 2.51. The molecular formula is C111H89N3. The van der Waals surface area contributed by atoms with E-state index in [1.54, 1.807) is 0 Å². The van der Waals surface area contributed by atoms with Crippen molar-refractivity contribution in [2.75, 3.05) is 14.7 Å². The summed E-state index contributed by atoms with van der Waals surface area (Å²) < 4.78 is 0. The molecule has 0 amide bonds. The van der Waals surface area contributed by atoms with Gasteiger partial charge in [-0.3, -0.25) is 0 Å². The van der Waals surface area contributed by atoms with Crippen molar-refractivity contribution in [1.29, 1.82) is 0 Å². The summed E-state index contributed by atoms with van der Waals surface area (Å²) in [5.74, 6) is 28.6. The molecule has 3 heteroatoms. The zero-order valence-electron chi connectivity index (χ0n) is 64.0. The maximum atomic E-state index is 3.72. The molecule has 0 radical (unpaired) electrons. The van der Waals surface area contributed by atoms with Crippen LogP contribution >= 0.6 is 0 Å². The van der Waals surface area contributed by atoms with Gasteiger partial charge in [-0.1, -0.05) is 322 Å². The fourth-order valence-corrected chi connectivity index (χ4v) is 15.5. The lowest BCUT2D eigenvalue weighted by molar-refractivity contribution is 0.590. The molecule has 0 aliphatic rings. The van der Waals surface area contributed by atoms with Crippen molar-refractivity contribution in [2.45, 2.75) is 74.1 Å². The number of anilines is 9. The summed E-state index contributed by atoms with van der Waals surface area (Å²) in [4.78, 5) is 7.10. The summed E-state index contributed by atoms with van der Waals surface area (Å²) in [6, 6.07) is 129. The second-order valence-corrected chi connectivity index (χ2v) is 30.6. The van der Waals surface area contributed by atoms with Crippen LogP contribution in [0.4, 0.5) is 51.2 Å². The van der Waals surface area contributed by atoms with Gasteiger partial charge in [0, 0.05) is 111 Å². The van der Waals surface area contributed by atoms with Gasteiger partial charge in [0.1, 0.15) is 0 Å². The second kappa shape index (κ2) is 32.3. The Kier molecular flexibility index (Phi) is 21.3. The lowest BCUT2D eigenvalue weighted by Gasteiger charge is -2.30. The van der Waals surface area contributed by atoms with Crippen molar-refractivity contribution in [3.8, 4) is 47.4 Å². The minimum Gasteiger partial charge on any atom is -0.310 e. The van der Waals surface area contributed by atoms with Gasteiger partial charge in [-0.2, -0.15) is 0 Å². The molecule has 0 saturated carbocycles. The van der Waals surface area contributed by atoms with Gasteiger partial charge >= 0.3 is 0 Å². The van der Waals surface area contributed by atoms with Crippen LogP contribution in [-0.2, 0) is 10.8 Å². The molecular weight excluding hydrogens is 1380 g/mol. The van der Waals surface area contributed by atoms with Crippen LogP contribution in [0.25, 0.3) is 64.6 Å². The Balaban J connectivity index is 0.000000187. The highest BCUT2D eigenvalue weighted by Gasteiger charge is 2.27. The van der Waals surface area contributed by atoms with Gasteiger partial charge in [0.05, 0.1) is 17.1 Å². The monoisotopic (exact) mass is 1460 g/mol. The predicted octanol–water partition coefficient (Wildman–Crippen LogP) is 29.4. The Morgan fingerprint density at radius 2 is 0.404 bits per heavy atom. The van der Waals surface area contributed by atoms with Crippen LogP contribution in [0, 0.1) is 54.3 Å². The van der Waals surface area contributed by atoms with Crippen LogP contribution in [0.3, 0.4) is 0 Å². The lowest BCUT2D eigenvalue weighted by Crippen LogP contribution is -2.12. The van der Waals surface area contributed by atoms with E-state index >= 15 is 0 Å². The molecule has 548 valence electrons. The van der Waals surface area contributed by atoms with Crippen molar-refractivity contribution in [3.63, 3.8) is 0 Å². The number of nitrogens with zero attached hydrogens (tertiary/aromatic N) is 3. The van der Waals surface area contributed by atoms with Crippen molar-refractivity contribution < 1.29 is 0 Å². The second-order valence-electron chi connectivity index (χ2n) is 30.6. The molecule has 0 saturated heterocycles. The zero-order valence-corrected chi connectivity index (χ0v) is 64.0. The summed E-state index contributed by atoms with van der Waals surface area (Å²) in [6.07, 6.45) is 0. The maximum absolute atomic E-state index is 3.72. The van der Waals surface area contributed by atoms with Crippen molar-refractivity contribution in [3.05, 3.63) is 425 Å². The summed E-state index contributed by atoms with van der Waals surface area (Å²) in [6.45, 7) is 15.7. The highest BCUT2D eigenvalue weighted by atomic mass is 15.2. The summed E-state index contributed by atoms with van der Waals surface area (Å²) in [5, 5.41) is 14.0. The molecule has 0 atom stereocenters. The first-order valence-electron chi connectivity index (χ1n) is 38.4. The first-order chi connectivity index (χ1) is 54.8. The van der Waals surface area contributed by atoms with Gasteiger partial charge in [-0.25, -0.2) is 0 Å². The summed E-state index contributed by atoms with van der Waals surface area (Å²) >= 11 is 0. The quantitative estimate of drug-likeness (QED) is 0.105. The van der Waals surface area contributed by atoms with Crippen LogP contribution < -0.4 is 14.7 Å². The summed E-state index contributed by atoms with van der Waals surface area (Å²) in [7, 11) is 0. The third kappa shape index (κ3) is 15.1. The van der Waals surface area contributed by atoms with Crippen LogP contribution in [0.5, 0.6) is 0 Å². The van der Waals surface area contributed by atoms with Crippen LogP contribution in [0.15, 0.2) is 364 Å². The smallest absolute Gasteiger partial charge is 0.0553 e. The van der Waals surface area contributed by atoms with E-state index in [0.29, 0.717) is 0 Å². The Labute approximate surface area is 672 Å². The Bertz CT molecular complexity index is 6370. The molecule has 114 heavy (non-hydrogen) atoms. The van der Waals surface area contributed by atoms with Crippen LogP contribution in [0.1, 0.15) is 118 Å². The molecule has 0 N–H and O–H groups in total. The van der Waals surface area contributed by atoms with E-state index in [-0.39, 0.29) is 25.7 Å². The molecule has 3 nitrogen and oxygen atoms in total. The topological polar surface area (TPSA) is 9.72 Å². The normalized spacial score (nSPS) is 11.0. The minimum atomic E-state index is 0. The Morgan fingerprint density at radius 1 is 0.202 bits per heavy atom. The number of rotatable bonds is 9. The minimum absolute atomic E-state index is 0. The van der Waals surface area contributed by atoms with Gasteiger partial charge in [-0.15, -0.1) is 0 Å². The molecule has 0 unspecified atom stereocenters. The average molecular weight is 1460 g/mol. The van der Waals surface area contributed by atoms with E-state index in [0.717, 1.165) is 139 Å². The predicted molar refractivity (Wildman–Crippen MR) is 490 cm³/mol. The lowest BCUT2D eigenvalue weighted by atomic mass is 9.86. The molecule has 0 heterocycles. The Hall–Kier alpha value is -14.3. The number of aryl methyl sites for hydroxylation is 1. The highest BCUT2D eigenvalue weighted by molar-refractivity contribution is 6.31. The van der Waals surface area contributed by atoms with Gasteiger partial charge in [0.15, 0.2) is 0 Å². The molecule has 18 aromatic rings. The first kappa shape index (κ1) is 75.1. The van der Waals surface area contributed by atoms with E-state index in [9.17, 15) is 0 Å². The van der Waals surface area contributed by atoms with E-state index in [1.165, 1.54) is 38.2 Å². The number of benzene rings is 18. The number of hydrogen-bond acceptors (Lipinski definition) is 3. The Morgan fingerprint density at radius 3 is 0.649 bits per heavy atom. The van der Waals surface area contributed by atoms with Crippen molar-refractivity contribution in [2.24, 2.45) is 0 Å². The summed E-state index contributed by atoms with van der Waals surface area (Å²) in [5.41, 5.74) is 21.5. The molecule has 0 bridgehead atoms. The number of para-hydroxylation sites is 6. The van der Waals surface area contributed by atoms with Crippen LogP contribution in [-0.4, -0.2) is 0 Å². The van der Waals surface area contributed by atoms with E-state index in [2.05, 4.69) is 438 Å². The molecule has 0 spiro atoms. The first-order valence-corrected chi connectivity index (χ1v) is 38.4. The van der Waals surface area contributed by atoms with E-state index < -0.39 is 0 Å². The maximum Gasteiger partial charge on any atom is 0.0553 e. The molecule has 0 aromatic heterocycles. The molecule has 0 fully saturated rings. The molecule has 0 aliphatic heterocycles. The molecule has 18 aromatic carbocycles. The van der Waals surface area contributed by atoms with E-state index in [4.69, 9.17) is 0 Å². The van der Waals surface area contributed by atoms with Crippen molar-refractivity contribution >= 4 is 116 Å². The largest absolute Gasteiger partial charge is 0.310 e. The van der Waals surface area contributed by atoms with Crippen LogP contribution in [0.2, 0.25) is 0 Å². The third-order valence-electron chi connectivity index (χ3n) is 21.2. The zero-order chi connectivity index (χ0) is 76.3. The van der Waals surface area contributed by atoms with Gasteiger partial charge in [0.25, 0.3) is 0 Å². The SMILES string of the molecule is C.C.CC(C)(C)c1ccc(C#Cc2cc(N(c3ccccc3)c3ccccc3)c3ccc4c(N(c5ccccc5)c5ccccc5)cc(C#Cc5ccc(C(C)(C)C)cc5)c5ccc2c3c54)cc1.Cc1cc(C#Cc2ccccc2)c2ccc3c(C#Cc4ccccc4)cc(N(c4ccccc4)c4ccccc4)c4ccc1c2c34. The molecule has 0 aliphatic carbocycles. The molecule has 18 rings (SSSR count). The van der Waals surface area contributed by atoms with Crippen molar-refractivity contribution in [1.82, 2.24) is 0 Å². The fourth-order valence-electron chi connectivity index (χ4n) is 15.5. The average Bonchev–Trinajstić information content (AvgIpc) is 0.721. The van der Waals surface area contributed by atoms with E-state index in [1.807, 2.05) is 36.4 Å². The third-order valence-corrected chi connectivity index (χ3v) is 21.2.